The van der Waals surface area contributed by atoms with Crippen molar-refractivity contribution in [3.8, 4) is 0 Å². The third-order valence-corrected chi connectivity index (χ3v) is 2.75. The van der Waals surface area contributed by atoms with E-state index in [0.717, 1.165) is 18.8 Å². The van der Waals surface area contributed by atoms with Gasteiger partial charge in [0.15, 0.2) is 0 Å². The van der Waals surface area contributed by atoms with Crippen LogP contribution in [-0.2, 0) is 0 Å². The highest BCUT2D eigenvalue weighted by atomic mass is 16.1. The average Bonchev–Trinajstić information content (AvgIpc) is 2.27. The molecule has 0 aliphatic carbocycles. The van der Waals surface area contributed by atoms with E-state index < -0.39 is 5.91 Å². The molecule has 0 radical (unpaired) electrons. The number of anilines is 1. The maximum Gasteiger partial charge on any atom is 0.250 e. The van der Waals surface area contributed by atoms with E-state index in [0.29, 0.717) is 5.56 Å². The van der Waals surface area contributed by atoms with Gasteiger partial charge in [-0.1, -0.05) is 20.8 Å². The van der Waals surface area contributed by atoms with Crippen LogP contribution in [0.25, 0.3) is 0 Å². The van der Waals surface area contributed by atoms with Crippen LogP contribution in [0.1, 0.15) is 37.6 Å². The molecular weight excluding hydrogens is 202 g/mol. The minimum absolute atomic E-state index is 0.240. The van der Waals surface area contributed by atoms with Crippen molar-refractivity contribution in [3.05, 3.63) is 23.9 Å². The number of nitrogens with two attached hydrogens (primary N) is 1. The van der Waals surface area contributed by atoms with Gasteiger partial charge < -0.3 is 11.1 Å². The Morgan fingerprint density at radius 3 is 2.62 bits per heavy atom. The fourth-order valence-corrected chi connectivity index (χ4v) is 1.10. The van der Waals surface area contributed by atoms with Crippen molar-refractivity contribution in [1.29, 1.82) is 0 Å². The molecule has 0 bridgehead atoms. The van der Waals surface area contributed by atoms with Crippen LogP contribution in [0.5, 0.6) is 0 Å². The standard InChI is InChI=1S/C12H19N3O/c1-4-12(2,3)8-15-10-6-5-9(7-14-10)11(13)16/h5-7H,4,8H2,1-3H3,(H2,13,16)(H,14,15). The maximum absolute atomic E-state index is 10.8. The first kappa shape index (κ1) is 12.5. The number of nitrogens with zero attached hydrogens (tertiary/aromatic N) is 1. The van der Waals surface area contributed by atoms with E-state index in [4.69, 9.17) is 5.73 Å². The first-order valence-electron chi connectivity index (χ1n) is 5.44. The molecule has 4 heteroatoms. The number of carbonyl (C=O) groups excluding carboxylic acids is 1. The Morgan fingerprint density at radius 2 is 2.19 bits per heavy atom. The minimum atomic E-state index is -0.451. The Balaban J connectivity index is 2.59. The number of amides is 1. The monoisotopic (exact) mass is 221 g/mol. The number of primary amides is 1. The molecule has 1 heterocycles. The molecule has 1 aromatic rings. The van der Waals surface area contributed by atoms with Crippen LogP contribution in [0.3, 0.4) is 0 Å². The second-order valence-electron chi connectivity index (χ2n) is 4.67. The third kappa shape index (κ3) is 3.53. The lowest BCUT2D eigenvalue weighted by Crippen LogP contribution is -2.22. The molecule has 0 aromatic carbocycles. The molecule has 0 aliphatic rings. The summed E-state index contributed by atoms with van der Waals surface area (Å²) >= 11 is 0. The molecule has 0 saturated heterocycles. The van der Waals surface area contributed by atoms with E-state index in [2.05, 4.69) is 31.1 Å². The summed E-state index contributed by atoms with van der Waals surface area (Å²) in [5.74, 6) is 0.319. The van der Waals surface area contributed by atoms with Gasteiger partial charge in [-0.15, -0.1) is 0 Å². The van der Waals surface area contributed by atoms with Gasteiger partial charge in [0.1, 0.15) is 5.82 Å². The quantitative estimate of drug-likeness (QED) is 0.799. The third-order valence-electron chi connectivity index (χ3n) is 2.75. The van der Waals surface area contributed by atoms with Crippen molar-refractivity contribution in [2.75, 3.05) is 11.9 Å². The number of hydrogen-bond acceptors (Lipinski definition) is 3. The topological polar surface area (TPSA) is 68.0 Å². The Morgan fingerprint density at radius 1 is 1.50 bits per heavy atom. The number of hydrogen-bond donors (Lipinski definition) is 2. The number of rotatable bonds is 5. The summed E-state index contributed by atoms with van der Waals surface area (Å²) in [7, 11) is 0. The van der Waals surface area contributed by atoms with Gasteiger partial charge in [-0.25, -0.2) is 4.98 Å². The molecule has 1 amide bonds. The van der Waals surface area contributed by atoms with Crippen LogP contribution in [0.15, 0.2) is 18.3 Å². The maximum atomic E-state index is 10.8. The average molecular weight is 221 g/mol. The lowest BCUT2D eigenvalue weighted by Gasteiger charge is -2.23. The summed E-state index contributed by atoms with van der Waals surface area (Å²) in [6.45, 7) is 7.40. The zero-order chi connectivity index (χ0) is 12.2. The van der Waals surface area contributed by atoms with Crippen molar-refractivity contribution in [2.45, 2.75) is 27.2 Å². The van der Waals surface area contributed by atoms with E-state index in [-0.39, 0.29) is 5.41 Å². The zero-order valence-corrected chi connectivity index (χ0v) is 10.1. The normalized spacial score (nSPS) is 11.2. The van der Waals surface area contributed by atoms with Gasteiger partial charge >= 0.3 is 0 Å². The molecule has 4 nitrogen and oxygen atoms in total. The van der Waals surface area contributed by atoms with Crippen LogP contribution < -0.4 is 11.1 Å². The molecule has 0 spiro atoms. The molecule has 0 fully saturated rings. The Bertz CT molecular complexity index is 357. The van der Waals surface area contributed by atoms with Gasteiger partial charge in [-0.05, 0) is 24.0 Å². The number of pyridine rings is 1. The Kier molecular flexibility index (Phi) is 3.88. The molecule has 0 atom stereocenters. The van der Waals surface area contributed by atoms with E-state index in [1.165, 1.54) is 6.20 Å². The van der Waals surface area contributed by atoms with Gasteiger partial charge in [-0.2, -0.15) is 0 Å². The van der Waals surface area contributed by atoms with E-state index in [1.807, 2.05) is 0 Å². The van der Waals surface area contributed by atoms with Gasteiger partial charge in [0.05, 0.1) is 5.56 Å². The first-order chi connectivity index (χ1) is 7.44. The van der Waals surface area contributed by atoms with E-state index in [9.17, 15) is 4.79 Å². The van der Waals surface area contributed by atoms with Gasteiger partial charge in [-0.3, -0.25) is 4.79 Å². The summed E-state index contributed by atoms with van der Waals surface area (Å²) < 4.78 is 0. The lowest BCUT2D eigenvalue weighted by atomic mass is 9.90. The fourth-order valence-electron chi connectivity index (χ4n) is 1.10. The predicted octanol–water partition coefficient (Wildman–Crippen LogP) is 2.03. The molecule has 3 N–H and O–H groups in total. The van der Waals surface area contributed by atoms with Gasteiger partial charge in [0, 0.05) is 12.7 Å². The van der Waals surface area contributed by atoms with Crippen molar-refractivity contribution < 1.29 is 4.79 Å². The predicted molar refractivity (Wildman–Crippen MR) is 65.3 cm³/mol. The van der Waals surface area contributed by atoms with E-state index in [1.54, 1.807) is 12.1 Å². The number of nitrogens with one attached hydrogen (secondary N) is 1. The largest absolute Gasteiger partial charge is 0.370 e. The number of aromatic nitrogens is 1. The Hall–Kier alpha value is -1.58. The van der Waals surface area contributed by atoms with Crippen molar-refractivity contribution in [3.63, 3.8) is 0 Å². The molecule has 1 rings (SSSR count). The van der Waals surface area contributed by atoms with E-state index >= 15 is 0 Å². The fraction of sp³-hybridized carbons (Fsp3) is 0.500. The van der Waals surface area contributed by atoms with Crippen LogP contribution >= 0.6 is 0 Å². The van der Waals surface area contributed by atoms with Gasteiger partial charge in [0.2, 0.25) is 5.91 Å². The van der Waals surface area contributed by atoms with Crippen molar-refractivity contribution in [2.24, 2.45) is 11.1 Å². The molecule has 0 saturated carbocycles. The molecule has 16 heavy (non-hydrogen) atoms. The second kappa shape index (κ2) is 4.96. The molecular formula is C12H19N3O. The van der Waals surface area contributed by atoms with Crippen molar-refractivity contribution in [1.82, 2.24) is 4.98 Å². The lowest BCUT2D eigenvalue weighted by molar-refractivity contribution is 0.1000. The second-order valence-corrected chi connectivity index (χ2v) is 4.67. The Labute approximate surface area is 96.3 Å². The summed E-state index contributed by atoms with van der Waals surface area (Å²) in [4.78, 5) is 15.0. The number of carbonyl (C=O) groups is 1. The molecule has 0 aliphatic heterocycles. The summed E-state index contributed by atoms with van der Waals surface area (Å²) in [6.07, 6.45) is 2.59. The smallest absolute Gasteiger partial charge is 0.250 e. The minimum Gasteiger partial charge on any atom is -0.370 e. The van der Waals surface area contributed by atoms with Crippen LogP contribution in [0.2, 0.25) is 0 Å². The summed E-state index contributed by atoms with van der Waals surface area (Å²) in [5.41, 5.74) is 5.80. The highest BCUT2D eigenvalue weighted by molar-refractivity contribution is 5.92. The highest BCUT2D eigenvalue weighted by Gasteiger charge is 2.14. The van der Waals surface area contributed by atoms with Crippen LogP contribution in [0.4, 0.5) is 5.82 Å². The van der Waals surface area contributed by atoms with Crippen molar-refractivity contribution >= 4 is 11.7 Å². The summed E-state index contributed by atoms with van der Waals surface area (Å²) in [5, 5.41) is 3.24. The van der Waals surface area contributed by atoms with Gasteiger partial charge in [0.25, 0.3) is 0 Å². The molecule has 1 aromatic heterocycles. The molecule has 88 valence electrons. The van der Waals surface area contributed by atoms with Crippen LogP contribution in [0, 0.1) is 5.41 Å². The molecule has 0 unspecified atom stereocenters. The SMILES string of the molecule is CCC(C)(C)CNc1ccc(C(N)=O)cn1. The summed E-state index contributed by atoms with van der Waals surface area (Å²) in [6, 6.07) is 3.45. The zero-order valence-electron chi connectivity index (χ0n) is 10.1. The van der Waals surface area contributed by atoms with Crippen LogP contribution in [-0.4, -0.2) is 17.4 Å². The highest BCUT2D eigenvalue weighted by Crippen LogP contribution is 2.19. The first-order valence-corrected chi connectivity index (χ1v) is 5.44.